The molecule has 27 heavy (non-hydrogen) atoms. The van der Waals surface area contributed by atoms with Gasteiger partial charge in [0.25, 0.3) is 10.1 Å². The number of rotatable bonds is 3. The lowest BCUT2D eigenvalue weighted by Crippen LogP contribution is -2.18. The predicted octanol–water partition coefficient (Wildman–Crippen LogP) is 4.14. The Labute approximate surface area is 156 Å². The topological polar surface area (TPSA) is 97.5 Å². The number of hydrogen-bond acceptors (Lipinski definition) is 3. The molecule has 0 radical (unpaired) electrons. The van der Waals surface area contributed by atoms with E-state index >= 15 is 0 Å². The maximum atomic E-state index is 12.5. The predicted molar refractivity (Wildman–Crippen MR) is 92.0 cm³/mol. The molecule has 2 aromatic carbocycles. The minimum absolute atomic E-state index is 0.236. The zero-order valence-corrected chi connectivity index (χ0v) is 14.8. The van der Waals surface area contributed by atoms with Crippen molar-refractivity contribution < 1.29 is 35.3 Å². The third-order valence-electron chi connectivity index (χ3n) is 2.83. The maximum absolute atomic E-state index is 12.5. The van der Waals surface area contributed by atoms with Gasteiger partial charge in [-0.25, -0.2) is 4.39 Å². The van der Waals surface area contributed by atoms with Gasteiger partial charge in [-0.3, -0.25) is 9.35 Å². The Hall–Kier alpha value is -2.43. The van der Waals surface area contributed by atoms with Crippen LogP contribution in [0.3, 0.4) is 0 Å². The molecule has 146 valence electrons. The fourth-order valence-electron chi connectivity index (χ4n) is 1.74. The van der Waals surface area contributed by atoms with Crippen molar-refractivity contribution in [3.63, 3.8) is 0 Å². The van der Waals surface area contributed by atoms with Crippen LogP contribution in [-0.4, -0.2) is 18.9 Å². The first-order chi connectivity index (χ1) is 12.3. The Morgan fingerprint density at radius 1 is 1.15 bits per heavy atom. The molecule has 0 fully saturated rings. The normalized spacial score (nSPS) is 11.8. The summed E-state index contributed by atoms with van der Waals surface area (Å²) in [6.07, 6.45) is -3.52. The first-order valence-electron chi connectivity index (χ1n) is 6.87. The second-order valence-corrected chi connectivity index (χ2v) is 6.66. The van der Waals surface area contributed by atoms with Gasteiger partial charge in [-0.15, -0.1) is 0 Å². The number of hydrogen-bond donors (Lipinski definition) is 2. The number of amides is 1. The fraction of sp³-hybridized carbons (Fsp3) is 0.0625. The summed E-state index contributed by atoms with van der Waals surface area (Å²) in [6.45, 7) is 0. The van der Waals surface area contributed by atoms with E-state index in [0.29, 0.717) is 22.1 Å². The average Bonchev–Trinajstić information content (AvgIpc) is 2.52. The number of nitrogens with two attached hydrogens (primary N) is 1. The SMILES string of the molecule is NC(=O)c1ccc(F)cc1C(F)(F)F.O=S(=O)(O)C=Cc1cccc(Cl)c1. The summed E-state index contributed by atoms with van der Waals surface area (Å²) in [7, 11) is -4.06. The van der Waals surface area contributed by atoms with Crippen molar-refractivity contribution in [3.8, 4) is 0 Å². The highest BCUT2D eigenvalue weighted by Gasteiger charge is 2.35. The van der Waals surface area contributed by atoms with Crippen LogP contribution in [0.15, 0.2) is 47.9 Å². The van der Waals surface area contributed by atoms with Crippen molar-refractivity contribution in [2.75, 3.05) is 0 Å². The summed E-state index contributed by atoms with van der Waals surface area (Å²) >= 11 is 5.65. The van der Waals surface area contributed by atoms with Gasteiger partial charge in [-0.05, 0) is 42.0 Å². The van der Waals surface area contributed by atoms with E-state index in [1.54, 1.807) is 24.3 Å². The smallest absolute Gasteiger partial charge is 0.366 e. The monoisotopic (exact) mass is 425 g/mol. The van der Waals surface area contributed by atoms with E-state index in [1.807, 2.05) is 0 Å². The van der Waals surface area contributed by atoms with Gasteiger partial charge in [-0.1, -0.05) is 23.7 Å². The molecule has 2 rings (SSSR count). The third kappa shape index (κ3) is 8.20. The van der Waals surface area contributed by atoms with Gasteiger partial charge >= 0.3 is 6.18 Å². The molecule has 0 aliphatic heterocycles. The average molecular weight is 426 g/mol. The van der Waals surface area contributed by atoms with Crippen molar-refractivity contribution in [1.82, 2.24) is 0 Å². The Morgan fingerprint density at radius 3 is 2.26 bits per heavy atom. The van der Waals surface area contributed by atoms with Crippen LogP contribution in [0.1, 0.15) is 21.5 Å². The molecule has 0 aliphatic rings. The Balaban J connectivity index is 0.000000271. The molecule has 0 unspecified atom stereocenters. The lowest BCUT2D eigenvalue weighted by Gasteiger charge is -2.09. The minimum atomic E-state index is -4.79. The van der Waals surface area contributed by atoms with Crippen LogP contribution in [0.25, 0.3) is 6.08 Å². The summed E-state index contributed by atoms with van der Waals surface area (Å²) < 4.78 is 78.2. The molecule has 5 nitrogen and oxygen atoms in total. The first-order valence-corrected chi connectivity index (χ1v) is 8.75. The quantitative estimate of drug-likeness (QED) is 0.570. The van der Waals surface area contributed by atoms with Crippen LogP contribution in [-0.2, 0) is 16.3 Å². The maximum Gasteiger partial charge on any atom is 0.417 e. The molecular weight excluding hydrogens is 414 g/mol. The molecule has 0 heterocycles. The summed E-state index contributed by atoms with van der Waals surface area (Å²) in [4.78, 5) is 10.6. The third-order valence-corrected chi connectivity index (χ3v) is 3.55. The molecule has 0 aliphatic carbocycles. The van der Waals surface area contributed by atoms with Gasteiger partial charge in [0.05, 0.1) is 16.5 Å². The van der Waals surface area contributed by atoms with Crippen LogP contribution in [0.4, 0.5) is 17.6 Å². The van der Waals surface area contributed by atoms with E-state index in [9.17, 15) is 30.8 Å². The lowest BCUT2D eigenvalue weighted by molar-refractivity contribution is -0.138. The zero-order valence-electron chi connectivity index (χ0n) is 13.2. The largest absolute Gasteiger partial charge is 0.417 e. The highest BCUT2D eigenvalue weighted by Crippen LogP contribution is 2.32. The van der Waals surface area contributed by atoms with Gasteiger partial charge in [0.15, 0.2) is 0 Å². The number of alkyl halides is 3. The van der Waals surface area contributed by atoms with Crippen LogP contribution in [0.5, 0.6) is 0 Å². The van der Waals surface area contributed by atoms with Crippen molar-refractivity contribution >= 4 is 33.7 Å². The van der Waals surface area contributed by atoms with Gasteiger partial charge in [0.2, 0.25) is 5.91 Å². The minimum Gasteiger partial charge on any atom is -0.366 e. The molecule has 3 N–H and O–H groups in total. The fourth-order valence-corrected chi connectivity index (χ4v) is 2.27. The second kappa shape index (κ2) is 8.98. The highest BCUT2D eigenvalue weighted by molar-refractivity contribution is 7.88. The van der Waals surface area contributed by atoms with Crippen LogP contribution in [0.2, 0.25) is 5.02 Å². The lowest BCUT2D eigenvalue weighted by atomic mass is 10.1. The molecule has 0 bridgehead atoms. The molecule has 0 saturated heterocycles. The number of primary amides is 1. The number of carbonyl (C=O) groups is 1. The molecule has 0 spiro atoms. The highest BCUT2D eigenvalue weighted by atomic mass is 35.5. The van der Waals surface area contributed by atoms with E-state index in [1.165, 1.54) is 6.08 Å². The van der Waals surface area contributed by atoms with Crippen LogP contribution < -0.4 is 5.73 Å². The molecule has 1 amide bonds. The second-order valence-electron chi connectivity index (χ2n) is 4.92. The Bertz CT molecular complexity index is 959. The van der Waals surface area contributed by atoms with Crippen molar-refractivity contribution in [2.45, 2.75) is 6.18 Å². The van der Waals surface area contributed by atoms with Crippen molar-refractivity contribution in [2.24, 2.45) is 5.73 Å². The molecule has 11 heteroatoms. The zero-order chi connectivity index (χ0) is 20.8. The first kappa shape index (κ1) is 22.6. The molecule has 0 saturated carbocycles. The van der Waals surface area contributed by atoms with Crippen molar-refractivity contribution in [1.29, 1.82) is 0 Å². The summed E-state index contributed by atoms with van der Waals surface area (Å²) in [5.74, 6) is -2.31. The van der Waals surface area contributed by atoms with Gasteiger partial charge in [0.1, 0.15) is 5.82 Å². The number of carbonyl (C=O) groups excluding carboxylic acids is 1. The van der Waals surface area contributed by atoms with Crippen LogP contribution in [0, 0.1) is 5.82 Å². The van der Waals surface area contributed by atoms with Crippen molar-refractivity contribution in [3.05, 3.63) is 75.4 Å². The van der Waals surface area contributed by atoms with Gasteiger partial charge < -0.3 is 5.73 Å². The summed E-state index contributed by atoms with van der Waals surface area (Å²) in [6, 6.07) is 8.31. The van der Waals surface area contributed by atoms with Gasteiger partial charge in [-0.2, -0.15) is 21.6 Å². The molecular formula is C16H12ClF4NO4S. The van der Waals surface area contributed by atoms with E-state index in [0.717, 1.165) is 6.07 Å². The van der Waals surface area contributed by atoms with E-state index in [-0.39, 0.29) is 6.07 Å². The van der Waals surface area contributed by atoms with E-state index in [2.05, 4.69) is 0 Å². The Morgan fingerprint density at radius 2 is 1.78 bits per heavy atom. The number of halogens is 5. The summed E-state index contributed by atoms with van der Waals surface area (Å²) in [5, 5.41) is 1.22. The molecule has 2 aromatic rings. The standard InChI is InChI=1S/C8H7ClO3S.C8H5F4NO/c9-8-3-1-2-7(6-8)4-5-13(10,11)12;9-4-1-2-5(7(13)14)6(3-4)8(10,11)12/h1-6H,(H,10,11,12);1-3H,(H2,13,14). The van der Waals surface area contributed by atoms with E-state index in [4.69, 9.17) is 21.9 Å². The van der Waals surface area contributed by atoms with E-state index < -0.39 is 39.1 Å². The number of benzene rings is 2. The summed E-state index contributed by atoms with van der Waals surface area (Å²) in [5.41, 5.74) is 3.22. The Kier molecular flexibility index (Phi) is 7.52. The van der Waals surface area contributed by atoms with Gasteiger partial charge in [0, 0.05) is 5.02 Å². The molecule has 0 atom stereocenters. The van der Waals surface area contributed by atoms with Crippen LogP contribution >= 0.6 is 11.6 Å². The molecule has 0 aromatic heterocycles.